The molecule has 1 fully saturated rings. The molecule has 1 aliphatic rings. The van der Waals surface area contributed by atoms with E-state index in [2.05, 4.69) is 27.7 Å². The maximum atomic E-state index is 10.7. The van der Waals surface area contributed by atoms with Gasteiger partial charge >= 0.3 is 15.6 Å². The Morgan fingerprint density at radius 1 is 1.06 bits per heavy atom. The van der Waals surface area contributed by atoms with E-state index in [0.29, 0.717) is 0 Å². The Kier molecular flexibility index (Phi) is 5.24. The highest BCUT2D eigenvalue weighted by molar-refractivity contribution is 7.86. The molecule has 0 radical (unpaired) electrons. The lowest BCUT2D eigenvalue weighted by Gasteiger charge is -2.41. The zero-order valence-electron chi connectivity index (χ0n) is 10.8. The summed E-state index contributed by atoms with van der Waals surface area (Å²) in [4.78, 5) is 0. The van der Waals surface area contributed by atoms with Crippen molar-refractivity contribution in [2.75, 3.05) is 0 Å². The van der Waals surface area contributed by atoms with Crippen LogP contribution in [0.1, 0.15) is 47.0 Å². The third-order valence-corrected chi connectivity index (χ3v) is 2.99. The van der Waals surface area contributed by atoms with Gasteiger partial charge in [-0.2, -0.15) is 21.6 Å². The lowest BCUT2D eigenvalue weighted by atomic mass is 9.89. The predicted molar refractivity (Wildman–Crippen MR) is 60.7 cm³/mol. The van der Waals surface area contributed by atoms with Gasteiger partial charge in [-0.05, 0) is 47.0 Å². The second-order valence-corrected chi connectivity index (χ2v) is 6.81. The van der Waals surface area contributed by atoms with Gasteiger partial charge in [0, 0.05) is 0 Å². The fourth-order valence-corrected chi connectivity index (χ4v) is 1.79. The van der Waals surface area contributed by atoms with Crippen LogP contribution in [-0.2, 0) is 14.9 Å². The number of alkyl halides is 3. The van der Waals surface area contributed by atoms with Crippen molar-refractivity contribution in [2.24, 2.45) is 0 Å². The molecule has 0 aromatic rings. The lowest BCUT2D eigenvalue weighted by Crippen LogP contribution is -2.41. The van der Waals surface area contributed by atoms with E-state index in [1.165, 1.54) is 19.3 Å². The minimum atomic E-state index is -5.84. The molecule has 0 bridgehead atoms. The highest BCUT2D eigenvalue weighted by Gasteiger charge is 2.44. The van der Waals surface area contributed by atoms with Crippen molar-refractivity contribution in [3.05, 3.63) is 0 Å². The van der Waals surface area contributed by atoms with E-state index >= 15 is 0 Å². The highest BCUT2D eigenvalue weighted by Crippen LogP contribution is 2.34. The topological polar surface area (TPSA) is 63.6 Å². The minimum Gasteiger partial charge on any atom is -0.370 e. The van der Waals surface area contributed by atoms with Gasteiger partial charge in [0.25, 0.3) is 0 Å². The maximum Gasteiger partial charge on any atom is 0.522 e. The molecule has 0 aromatic heterocycles. The fourth-order valence-electron chi connectivity index (χ4n) is 1.79. The van der Waals surface area contributed by atoms with Crippen molar-refractivity contribution in [3.63, 3.8) is 0 Å². The molecule has 1 rings (SSSR count). The maximum absolute atomic E-state index is 10.7. The van der Waals surface area contributed by atoms with Crippen LogP contribution in [0.3, 0.4) is 0 Å². The van der Waals surface area contributed by atoms with Crippen molar-refractivity contribution in [3.8, 4) is 0 Å². The number of ether oxygens (including phenoxy) is 1. The summed E-state index contributed by atoms with van der Waals surface area (Å²) in [5.41, 5.74) is -5.31. The van der Waals surface area contributed by atoms with Crippen LogP contribution in [0, 0.1) is 0 Å². The molecule has 0 aromatic carbocycles. The van der Waals surface area contributed by atoms with E-state index in [4.69, 9.17) is 17.7 Å². The van der Waals surface area contributed by atoms with Crippen molar-refractivity contribution in [2.45, 2.75) is 63.7 Å². The quantitative estimate of drug-likeness (QED) is 0.550. The molecule has 1 N–H and O–H groups in total. The molecule has 1 aliphatic heterocycles. The van der Waals surface area contributed by atoms with Crippen LogP contribution >= 0.6 is 0 Å². The fraction of sp³-hybridized carbons (Fsp3) is 1.00. The molecule has 18 heavy (non-hydrogen) atoms. The van der Waals surface area contributed by atoms with E-state index in [-0.39, 0.29) is 11.2 Å². The Morgan fingerprint density at radius 2 is 1.33 bits per heavy atom. The summed E-state index contributed by atoms with van der Waals surface area (Å²) in [6.07, 6.45) is 3.72. The largest absolute Gasteiger partial charge is 0.522 e. The van der Waals surface area contributed by atoms with E-state index < -0.39 is 15.6 Å². The first kappa shape index (κ1) is 17.7. The van der Waals surface area contributed by atoms with Gasteiger partial charge in [0.15, 0.2) is 0 Å². The molecular formula is C10H19F3O4S. The summed E-state index contributed by atoms with van der Waals surface area (Å²) >= 11 is 0. The van der Waals surface area contributed by atoms with Crippen LogP contribution in [0.2, 0.25) is 0 Å². The SMILES string of the molecule is CC1(C)CCCC(C)(C)O1.O=S(=O)(O)C(F)(F)F. The monoisotopic (exact) mass is 292 g/mol. The van der Waals surface area contributed by atoms with E-state index in [0.717, 1.165) is 0 Å². The molecule has 110 valence electrons. The standard InChI is InChI=1S/C9H18O.CHF3O3S/c1-8(2)6-5-7-9(3,4)10-8;2-1(3,4)8(5,6)7/h5-7H2,1-4H3;(H,5,6,7). The van der Waals surface area contributed by atoms with Gasteiger partial charge in [0.2, 0.25) is 0 Å². The normalized spacial score (nSPS) is 22.9. The first-order chi connectivity index (χ1) is 7.66. The van der Waals surface area contributed by atoms with Crippen molar-refractivity contribution in [1.29, 1.82) is 0 Å². The average Bonchev–Trinajstić information content (AvgIpc) is 1.94. The Bertz CT molecular complexity index is 357. The van der Waals surface area contributed by atoms with Gasteiger partial charge in [-0.3, -0.25) is 4.55 Å². The molecule has 0 amide bonds. The molecule has 4 nitrogen and oxygen atoms in total. The van der Waals surface area contributed by atoms with Crippen LogP contribution < -0.4 is 0 Å². The number of halogens is 3. The summed E-state index contributed by atoms with van der Waals surface area (Å²) in [5.74, 6) is 0. The van der Waals surface area contributed by atoms with Crippen LogP contribution in [0.15, 0.2) is 0 Å². The second-order valence-electron chi connectivity index (χ2n) is 5.40. The van der Waals surface area contributed by atoms with Crippen molar-refractivity contribution < 1.29 is 30.9 Å². The second kappa shape index (κ2) is 5.34. The van der Waals surface area contributed by atoms with Gasteiger partial charge in [-0.1, -0.05) is 0 Å². The summed E-state index contributed by atoms with van der Waals surface area (Å²) in [5, 5.41) is 0. The summed E-state index contributed by atoms with van der Waals surface area (Å²) in [6, 6.07) is 0. The van der Waals surface area contributed by atoms with Crippen LogP contribution in [0.4, 0.5) is 13.2 Å². The summed E-state index contributed by atoms with van der Waals surface area (Å²) < 4.78 is 63.4. The average molecular weight is 292 g/mol. The molecule has 0 aliphatic carbocycles. The Morgan fingerprint density at radius 3 is 1.44 bits per heavy atom. The molecule has 1 saturated heterocycles. The number of rotatable bonds is 0. The van der Waals surface area contributed by atoms with Gasteiger partial charge in [0.05, 0.1) is 11.2 Å². The van der Waals surface area contributed by atoms with Gasteiger partial charge in [-0.15, -0.1) is 0 Å². The van der Waals surface area contributed by atoms with Crippen LogP contribution in [-0.4, -0.2) is 29.7 Å². The zero-order valence-corrected chi connectivity index (χ0v) is 11.7. The molecule has 0 unspecified atom stereocenters. The molecule has 8 heteroatoms. The molecule has 1 heterocycles. The smallest absolute Gasteiger partial charge is 0.370 e. The van der Waals surface area contributed by atoms with E-state index in [1.807, 2.05) is 0 Å². The Hall–Kier alpha value is -0.340. The predicted octanol–water partition coefficient (Wildman–Crippen LogP) is 3.14. The molecule has 0 saturated carbocycles. The zero-order chi connectivity index (χ0) is 14.8. The van der Waals surface area contributed by atoms with Gasteiger partial charge < -0.3 is 4.74 Å². The summed E-state index contributed by atoms with van der Waals surface area (Å²) in [6.45, 7) is 8.70. The lowest BCUT2D eigenvalue weighted by molar-refractivity contribution is -0.155. The third kappa shape index (κ3) is 6.55. The Labute approximate surface area is 105 Å². The van der Waals surface area contributed by atoms with Crippen molar-refractivity contribution in [1.82, 2.24) is 0 Å². The van der Waals surface area contributed by atoms with Gasteiger partial charge in [0.1, 0.15) is 0 Å². The Balaban J connectivity index is 0.000000331. The van der Waals surface area contributed by atoms with E-state index in [9.17, 15) is 13.2 Å². The van der Waals surface area contributed by atoms with Crippen molar-refractivity contribution >= 4 is 10.1 Å². The van der Waals surface area contributed by atoms with Crippen LogP contribution in [0.5, 0.6) is 0 Å². The first-order valence-electron chi connectivity index (χ1n) is 5.40. The third-order valence-electron chi connectivity index (χ3n) is 2.40. The van der Waals surface area contributed by atoms with Gasteiger partial charge in [-0.25, -0.2) is 0 Å². The van der Waals surface area contributed by atoms with E-state index in [1.54, 1.807) is 0 Å². The summed E-state index contributed by atoms with van der Waals surface area (Å²) in [7, 11) is -5.84. The molecule has 0 atom stereocenters. The molecular weight excluding hydrogens is 273 g/mol. The number of hydrogen-bond acceptors (Lipinski definition) is 3. The number of hydrogen-bond donors (Lipinski definition) is 1. The first-order valence-corrected chi connectivity index (χ1v) is 6.84. The minimum absolute atomic E-state index is 0.113. The highest BCUT2D eigenvalue weighted by atomic mass is 32.2. The molecule has 0 spiro atoms. The van der Waals surface area contributed by atoms with Crippen LogP contribution in [0.25, 0.3) is 0 Å².